The van der Waals surface area contributed by atoms with Crippen LogP contribution >= 0.6 is 0 Å². The zero-order chi connectivity index (χ0) is 31.4. The van der Waals surface area contributed by atoms with E-state index >= 15 is 0 Å². The fourth-order valence-electron chi connectivity index (χ4n) is 7.14. The molecule has 44 heavy (non-hydrogen) atoms. The highest BCUT2D eigenvalue weighted by Gasteiger charge is 2.50. The maximum Gasteiger partial charge on any atom is 0.249 e. The average Bonchev–Trinajstić information content (AvgIpc) is 3.40. The third kappa shape index (κ3) is 7.00. The minimum atomic E-state index is -1.14. The Labute approximate surface area is 259 Å². The summed E-state index contributed by atoms with van der Waals surface area (Å²) in [5.74, 6) is 0.257. The van der Waals surface area contributed by atoms with Gasteiger partial charge in [0.25, 0.3) is 0 Å². The third-order valence-corrected chi connectivity index (χ3v) is 9.47. The van der Waals surface area contributed by atoms with E-state index in [-0.39, 0.29) is 44.1 Å². The fourth-order valence-corrected chi connectivity index (χ4v) is 7.14. The summed E-state index contributed by atoms with van der Waals surface area (Å²) in [6.45, 7) is 6.44. The molecule has 1 heterocycles. The van der Waals surface area contributed by atoms with Gasteiger partial charge in [-0.15, -0.1) is 0 Å². The van der Waals surface area contributed by atoms with Gasteiger partial charge in [-0.25, -0.2) is 4.39 Å². The number of hydrogen-bond donors (Lipinski definition) is 3. The number of hydrogen-bond acceptors (Lipinski definition) is 6. The molecule has 2 amide bonds. The first-order valence-corrected chi connectivity index (χ1v) is 15.9. The van der Waals surface area contributed by atoms with Gasteiger partial charge in [0.1, 0.15) is 30.4 Å². The van der Waals surface area contributed by atoms with Gasteiger partial charge in [-0.3, -0.25) is 9.59 Å². The Hall–Kier alpha value is -3.27. The largest absolute Gasteiger partial charge is 0.486 e. The molecule has 1 fully saturated rings. The van der Waals surface area contributed by atoms with E-state index in [2.05, 4.69) is 26.1 Å². The van der Waals surface area contributed by atoms with E-state index in [1.807, 2.05) is 18.2 Å². The number of aliphatic hydroxyl groups is 2. The molecule has 238 valence electrons. The number of benzene rings is 2. The lowest BCUT2D eigenvalue weighted by Gasteiger charge is -2.41. The van der Waals surface area contributed by atoms with Crippen molar-refractivity contribution in [1.29, 1.82) is 0 Å². The number of nitrogens with zero attached hydrogens (tertiary/aromatic N) is 1. The first-order chi connectivity index (χ1) is 21.2. The van der Waals surface area contributed by atoms with Crippen molar-refractivity contribution in [3.63, 3.8) is 0 Å². The molecule has 3 N–H and O–H groups in total. The molecule has 7 atom stereocenters. The van der Waals surface area contributed by atoms with Gasteiger partial charge in [0.2, 0.25) is 11.8 Å². The standard InChI is InChI=1S/C35H45FN2O6/c1-21(2)25-12-11-22(3)17-30(25)43-20-31(40)38(15-13-23-7-6-8-24(36)18-23)28-19-27(35(42)37-14-16-39)32-26-9-4-5-10-29(26)44-34(32)33(28)41/h4-10,18-19,21-22,25,28,30,32-34,39,41H,11-17,20H2,1-3H3,(H,37,42)/t22-,25+,28+,30-,32-,33-,34-/m0/s1. The lowest BCUT2D eigenvalue weighted by molar-refractivity contribution is -0.147. The van der Waals surface area contributed by atoms with E-state index < -0.39 is 30.1 Å². The second-order valence-electron chi connectivity index (χ2n) is 12.8. The third-order valence-electron chi connectivity index (χ3n) is 9.47. The van der Waals surface area contributed by atoms with Crippen LogP contribution < -0.4 is 10.1 Å². The summed E-state index contributed by atoms with van der Waals surface area (Å²) in [5.41, 5.74) is 1.86. The molecular formula is C35H45FN2O6. The Kier molecular flexibility index (Phi) is 10.4. The van der Waals surface area contributed by atoms with Crippen LogP contribution in [0.3, 0.4) is 0 Å². The van der Waals surface area contributed by atoms with Crippen molar-refractivity contribution < 1.29 is 33.7 Å². The normalized spacial score (nSPS) is 27.6. The highest BCUT2D eigenvalue weighted by molar-refractivity contribution is 5.96. The monoisotopic (exact) mass is 608 g/mol. The minimum absolute atomic E-state index is 0.0449. The van der Waals surface area contributed by atoms with Crippen molar-refractivity contribution in [3.8, 4) is 5.75 Å². The minimum Gasteiger partial charge on any atom is -0.486 e. The Balaban J connectivity index is 1.45. The Bertz CT molecular complexity index is 1350. The van der Waals surface area contributed by atoms with Crippen LogP contribution in [0.5, 0.6) is 5.75 Å². The van der Waals surface area contributed by atoms with Gasteiger partial charge in [0.05, 0.1) is 24.7 Å². The van der Waals surface area contributed by atoms with E-state index in [9.17, 15) is 24.2 Å². The van der Waals surface area contributed by atoms with Gasteiger partial charge in [-0.05, 0) is 66.9 Å². The zero-order valence-corrected chi connectivity index (χ0v) is 25.8. The van der Waals surface area contributed by atoms with Crippen molar-refractivity contribution in [3.05, 3.63) is 77.1 Å². The maximum absolute atomic E-state index is 14.0. The van der Waals surface area contributed by atoms with Crippen molar-refractivity contribution in [1.82, 2.24) is 10.2 Å². The highest BCUT2D eigenvalue weighted by atomic mass is 19.1. The van der Waals surface area contributed by atoms with Crippen LogP contribution in [-0.4, -0.2) is 77.6 Å². The highest BCUT2D eigenvalue weighted by Crippen LogP contribution is 2.47. The topological polar surface area (TPSA) is 108 Å². The molecule has 9 heteroatoms. The molecule has 3 aliphatic rings. The van der Waals surface area contributed by atoms with Gasteiger partial charge in [-0.1, -0.05) is 57.5 Å². The molecule has 0 bridgehead atoms. The molecule has 2 aliphatic carbocycles. The van der Waals surface area contributed by atoms with Gasteiger partial charge < -0.3 is 29.9 Å². The van der Waals surface area contributed by atoms with Crippen LogP contribution in [0.25, 0.3) is 0 Å². The molecule has 8 nitrogen and oxygen atoms in total. The summed E-state index contributed by atoms with van der Waals surface area (Å²) in [4.78, 5) is 29.0. The summed E-state index contributed by atoms with van der Waals surface area (Å²) in [7, 11) is 0. The lowest BCUT2D eigenvalue weighted by Crippen LogP contribution is -2.57. The molecule has 5 rings (SSSR count). The number of nitrogens with one attached hydrogen (secondary N) is 1. The van der Waals surface area contributed by atoms with E-state index in [1.165, 1.54) is 12.1 Å². The fraction of sp³-hybridized carbons (Fsp3) is 0.543. The molecule has 0 spiro atoms. The van der Waals surface area contributed by atoms with E-state index in [0.717, 1.165) is 24.8 Å². The molecule has 1 saturated carbocycles. The van der Waals surface area contributed by atoms with Crippen molar-refractivity contribution in [2.24, 2.45) is 17.8 Å². The molecule has 2 aromatic rings. The number of para-hydroxylation sites is 1. The Morgan fingerprint density at radius 2 is 1.95 bits per heavy atom. The number of fused-ring (bicyclic) bond motifs is 3. The van der Waals surface area contributed by atoms with Crippen LogP contribution in [0.15, 0.2) is 60.2 Å². The number of ether oxygens (including phenoxy) is 2. The van der Waals surface area contributed by atoms with Crippen molar-refractivity contribution in [2.75, 3.05) is 26.3 Å². The number of rotatable bonds is 11. The predicted octanol–water partition coefficient (Wildman–Crippen LogP) is 4.00. The smallest absolute Gasteiger partial charge is 0.249 e. The van der Waals surface area contributed by atoms with Crippen LogP contribution in [0.4, 0.5) is 4.39 Å². The second-order valence-corrected chi connectivity index (χ2v) is 12.8. The maximum atomic E-state index is 14.0. The summed E-state index contributed by atoms with van der Waals surface area (Å²) < 4.78 is 26.6. The summed E-state index contributed by atoms with van der Waals surface area (Å²) in [6.07, 6.45) is 3.10. The first-order valence-electron chi connectivity index (χ1n) is 15.9. The zero-order valence-electron chi connectivity index (χ0n) is 25.8. The first kappa shape index (κ1) is 32.1. The summed E-state index contributed by atoms with van der Waals surface area (Å²) in [6, 6.07) is 12.7. The number of carbonyl (C=O) groups excluding carboxylic acids is 2. The Morgan fingerprint density at radius 3 is 2.70 bits per heavy atom. The van der Waals surface area contributed by atoms with Gasteiger partial charge in [0.15, 0.2) is 0 Å². The molecule has 0 radical (unpaired) electrons. The average molecular weight is 609 g/mol. The SMILES string of the molecule is CC(C)[C@H]1CC[C@H](C)C[C@@H]1OCC(=O)N(CCc1cccc(F)c1)[C@@H]1C=C(C(=O)NCCO)[C@@H]2c3ccccc3O[C@@H]2[C@H]1O. The van der Waals surface area contributed by atoms with Gasteiger partial charge >= 0.3 is 0 Å². The lowest BCUT2D eigenvalue weighted by atomic mass is 9.75. The van der Waals surface area contributed by atoms with Crippen LogP contribution in [0.2, 0.25) is 0 Å². The molecule has 1 aliphatic heterocycles. The van der Waals surface area contributed by atoms with E-state index in [0.29, 0.717) is 41.1 Å². The van der Waals surface area contributed by atoms with Crippen molar-refractivity contribution in [2.45, 2.75) is 76.7 Å². The van der Waals surface area contributed by atoms with Gasteiger partial charge in [-0.2, -0.15) is 0 Å². The van der Waals surface area contributed by atoms with Crippen LogP contribution in [-0.2, 0) is 20.7 Å². The van der Waals surface area contributed by atoms with E-state index in [1.54, 1.807) is 29.2 Å². The van der Waals surface area contributed by atoms with Crippen LogP contribution in [0, 0.1) is 23.6 Å². The van der Waals surface area contributed by atoms with Crippen LogP contribution in [0.1, 0.15) is 57.1 Å². The van der Waals surface area contributed by atoms with Gasteiger partial charge in [0, 0.05) is 24.2 Å². The van der Waals surface area contributed by atoms with Crippen molar-refractivity contribution >= 4 is 11.8 Å². The number of carbonyl (C=O) groups is 2. The second kappa shape index (κ2) is 14.2. The molecule has 0 saturated heterocycles. The Morgan fingerprint density at radius 1 is 1.16 bits per heavy atom. The predicted molar refractivity (Wildman–Crippen MR) is 164 cm³/mol. The number of halogens is 1. The quantitative estimate of drug-likeness (QED) is 0.356. The molecular weight excluding hydrogens is 563 g/mol. The summed E-state index contributed by atoms with van der Waals surface area (Å²) >= 11 is 0. The van der Waals surface area contributed by atoms with E-state index in [4.69, 9.17) is 9.47 Å². The molecule has 0 aromatic heterocycles. The number of amides is 2. The summed E-state index contributed by atoms with van der Waals surface area (Å²) in [5, 5.41) is 23.9. The number of aliphatic hydroxyl groups excluding tert-OH is 2. The molecule has 0 unspecified atom stereocenters. The molecule has 2 aromatic carbocycles.